The number of halogens is 1. The molecule has 0 aliphatic heterocycles. The maximum Gasteiger partial charge on any atom is 0.243 e. The number of carbonyl (C=O) groups is 2. The number of amides is 2. The first-order valence-corrected chi connectivity index (χ1v) is 11.2. The monoisotopic (exact) mass is 454 g/mol. The minimum absolute atomic E-state index is 0.264. The maximum absolute atomic E-state index is 13.1. The first-order valence-electron chi connectivity index (χ1n) is 10.4. The molecule has 0 saturated carbocycles. The van der Waals surface area contributed by atoms with Crippen LogP contribution in [-0.4, -0.2) is 29.6 Å². The minimum atomic E-state index is -0.747. The zero-order valence-corrected chi connectivity index (χ0v) is 18.9. The predicted molar refractivity (Wildman–Crippen MR) is 124 cm³/mol. The third-order valence-electron chi connectivity index (χ3n) is 5.07. The van der Waals surface area contributed by atoms with Crippen molar-refractivity contribution in [2.24, 2.45) is 0 Å². The summed E-state index contributed by atoms with van der Waals surface area (Å²) in [6, 6.07) is 16.6. The summed E-state index contributed by atoms with van der Waals surface area (Å²) in [6.07, 6.45) is 0.989. The summed E-state index contributed by atoms with van der Waals surface area (Å²) in [5, 5.41) is 15.5. The lowest BCUT2D eigenvalue weighted by molar-refractivity contribution is -0.128. The summed E-state index contributed by atoms with van der Waals surface area (Å²) in [7, 11) is 0. The summed E-state index contributed by atoms with van der Waals surface area (Å²) in [5.74, 6) is -0.924. The number of hydrogen-bond donors (Lipinski definition) is 3. The van der Waals surface area contributed by atoms with Crippen LogP contribution in [0.5, 0.6) is 0 Å². The highest BCUT2D eigenvalue weighted by molar-refractivity contribution is 7.12. The van der Waals surface area contributed by atoms with Crippen LogP contribution < -0.4 is 10.6 Å². The van der Waals surface area contributed by atoms with Crippen molar-refractivity contribution in [1.82, 2.24) is 10.6 Å². The Morgan fingerprint density at radius 3 is 2.25 bits per heavy atom. The molecule has 0 aliphatic rings. The first-order chi connectivity index (χ1) is 15.3. The van der Waals surface area contributed by atoms with E-state index in [9.17, 15) is 19.1 Å². The fourth-order valence-electron chi connectivity index (χ4n) is 3.37. The number of aliphatic hydroxyl groups is 1. The first kappa shape index (κ1) is 23.6. The van der Waals surface area contributed by atoms with E-state index in [1.165, 1.54) is 30.4 Å². The van der Waals surface area contributed by atoms with Gasteiger partial charge < -0.3 is 15.7 Å². The van der Waals surface area contributed by atoms with E-state index in [0.29, 0.717) is 12.8 Å². The molecule has 3 rings (SSSR count). The van der Waals surface area contributed by atoms with Crippen LogP contribution in [-0.2, 0) is 22.4 Å². The van der Waals surface area contributed by atoms with Crippen molar-refractivity contribution in [2.45, 2.75) is 38.8 Å². The number of aliphatic hydroxyl groups excluding tert-OH is 1. The molecule has 2 amide bonds. The molecule has 0 radical (unpaired) electrons. The Morgan fingerprint density at radius 2 is 1.62 bits per heavy atom. The van der Waals surface area contributed by atoms with E-state index in [-0.39, 0.29) is 24.2 Å². The lowest BCUT2D eigenvalue weighted by atomic mass is 10.0. The molecule has 0 aliphatic carbocycles. The molecular formula is C25H27FN2O3S. The summed E-state index contributed by atoms with van der Waals surface area (Å²) < 4.78 is 13.1. The van der Waals surface area contributed by atoms with Crippen LogP contribution in [0.1, 0.15) is 39.4 Å². The molecule has 0 spiro atoms. The second-order valence-electron chi connectivity index (χ2n) is 7.79. The number of hydrogen-bond acceptors (Lipinski definition) is 4. The summed E-state index contributed by atoms with van der Waals surface area (Å²) >= 11 is 1.48. The molecule has 7 heteroatoms. The molecule has 0 fully saturated rings. The van der Waals surface area contributed by atoms with Gasteiger partial charge in [0.2, 0.25) is 11.8 Å². The van der Waals surface area contributed by atoms with Crippen LogP contribution in [0.3, 0.4) is 0 Å². The fourth-order valence-corrected chi connectivity index (χ4v) is 4.46. The van der Waals surface area contributed by atoms with E-state index >= 15 is 0 Å². The van der Waals surface area contributed by atoms with Crippen molar-refractivity contribution in [3.63, 3.8) is 0 Å². The predicted octanol–water partition coefficient (Wildman–Crippen LogP) is 3.68. The van der Waals surface area contributed by atoms with Gasteiger partial charge in [0.15, 0.2) is 0 Å². The molecule has 2 atom stereocenters. The minimum Gasteiger partial charge on any atom is -0.394 e. The molecule has 3 aromatic rings. The average Bonchev–Trinajstić information content (AvgIpc) is 3.22. The fraction of sp³-hybridized carbons (Fsp3) is 0.280. The molecule has 1 aromatic heterocycles. The van der Waals surface area contributed by atoms with Gasteiger partial charge in [-0.3, -0.25) is 9.59 Å². The van der Waals surface area contributed by atoms with Gasteiger partial charge in [-0.15, -0.1) is 11.3 Å². The van der Waals surface area contributed by atoms with Crippen molar-refractivity contribution in [3.05, 3.63) is 92.9 Å². The molecule has 5 nitrogen and oxygen atoms in total. The summed E-state index contributed by atoms with van der Waals surface area (Å²) in [6.45, 7) is 3.10. The highest BCUT2D eigenvalue weighted by Crippen LogP contribution is 2.25. The molecule has 168 valence electrons. The normalized spacial score (nSPS) is 12.8. The third-order valence-corrected chi connectivity index (χ3v) is 6.27. The van der Waals surface area contributed by atoms with Crippen molar-refractivity contribution < 1.29 is 19.1 Å². The molecule has 0 bridgehead atoms. The third kappa shape index (κ3) is 6.73. The van der Waals surface area contributed by atoms with Gasteiger partial charge in [0, 0.05) is 29.5 Å². The number of aryl methyl sites for hydroxylation is 1. The Kier molecular flexibility index (Phi) is 8.14. The highest BCUT2D eigenvalue weighted by atomic mass is 32.1. The van der Waals surface area contributed by atoms with Gasteiger partial charge in [-0.25, -0.2) is 4.39 Å². The van der Waals surface area contributed by atoms with Crippen LogP contribution in [0.2, 0.25) is 0 Å². The van der Waals surface area contributed by atoms with Crippen LogP contribution >= 0.6 is 11.3 Å². The Hall–Kier alpha value is -3.03. The van der Waals surface area contributed by atoms with Crippen LogP contribution in [0, 0.1) is 12.7 Å². The standard InChI is InChI=1S/C25H27FN2O3S/c1-16-3-5-19(6-4-16)14-22(27-17(2)30)25(31)28-23(15-29)24-12-11-21(32-24)13-18-7-9-20(26)10-8-18/h3-12,22-23,29H,13-15H2,1-2H3,(H,27,30)(H,28,31). The Balaban J connectivity index is 1.68. The van der Waals surface area contributed by atoms with E-state index in [0.717, 1.165) is 26.4 Å². The molecule has 2 aromatic carbocycles. The quantitative estimate of drug-likeness (QED) is 0.462. The second-order valence-corrected chi connectivity index (χ2v) is 8.99. The SMILES string of the molecule is CC(=O)NC(Cc1ccc(C)cc1)C(=O)NC(CO)c1ccc(Cc2ccc(F)cc2)s1. The smallest absolute Gasteiger partial charge is 0.243 e. The molecule has 2 unspecified atom stereocenters. The van der Waals surface area contributed by atoms with Crippen molar-refractivity contribution >= 4 is 23.2 Å². The Labute approximate surface area is 191 Å². The van der Waals surface area contributed by atoms with Crippen molar-refractivity contribution in [1.29, 1.82) is 0 Å². The number of rotatable bonds is 9. The van der Waals surface area contributed by atoms with Crippen LogP contribution in [0.4, 0.5) is 4.39 Å². The zero-order valence-electron chi connectivity index (χ0n) is 18.1. The van der Waals surface area contributed by atoms with E-state index < -0.39 is 12.1 Å². The van der Waals surface area contributed by atoms with E-state index in [1.54, 1.807) is 12.1 Å². The van der Waals surface area contributed by atoms with E-state index in [4.69, 9.17) is 0 Å². The molecular weight excluding hydrogens is 427 g/mol. The zero-order chi connectivity index (χ0) is 23.1. The average molecular weight is 455 g/mol. The highest BCUT2D eigenvalue weighted by Gasteiger charge is 2.24. The van der Waals surface area contributed by atoms with Gasteiger partial charge in [-0.05, 0) is 42.3 Å². The molecule has 1 heterocycles. The summed E-state index contributed by atoms with van der Waals surface area (Å²) in [5.41, 5.74) is 3.03. The van der Waals surface area contributed by atoms with E-state index in [2.05, 4.69) is 10.6 Å². The van der Waals surface area contributed by atoms with Gasteiger partial charge in [0.25, 0.3) is 0 Å². The van der Waals surface area contributed by atoms with Crippen LogP contribution in [0.15, 0.2) is 60.7 Å². The molecule has 3 N–H and O–H groups in total. The van der Waals surface area contributed by atoms with Gasteiger partial charge in [0.1, 0.15) is 11.9 Å². The Bertz CT molecular complexity index is 1050. The molecule has 32 heavy (non-hydrogen) atoms. The lowest BCUT2D eigenvalue weighted by Gasteiger charge is -2.21. The number of thiophene rings is 1. The van der Waals surface area contributed by atoms with Crippen molar-refractivity contribution in [2.75, 3.05) is 6.61 Å². The number of benzene rings is 2. The maximum atomic E-state index is 13.1. The van der Waals surface area contributed by atoms with E-state index in [1.807, 2.05) is 43.3 Å². The number of carbonyl (C=O) groups excluding carboxylic acids is 2. The Morgan fingerprint density at radius 1 is 0.969 bits per heavy atom. The molecule has 0 saturated heterocycles. The van der Waals surface area contributed by atoms with Crippen molar-refractivity contribution in [3.8, 4) is 0 Å². The van der Waals surface area contributed by atoms with Crippen LogP contribution in [0.25, 0.3) is 0 Å². The summed E-state index contributed by atoms with van der Waals surface area (Å²) in [4.78, 5) is 26.5. The van der Waals surface area contributed by atoms with Gasteiger partial charge >= 0.3 is 0 Å². The van der Waals surface area contributed by atoms with Gasteiger partial charge in [-0.2, -0.15) is 0 Å². The largest absolute Gasteiger partial charge is 0.394 e. The van der Waals surface area contributed by atoms with Gasteiger partial charge in [-0.1, -0.05) is 42.0 Å². The topological polar surface area (TPSA) is 78.4 Å². The number of nitrogens with one attached hydrogen (secondary N) is 2. The van der Waals surface area contributed by atoms with Gasteiger partial charge in [0.05, 0.1) is 12.6 Å². The second kappa shape index (κ2) is 11.0. The lowest BCUT2D eigenvalue weighted by Crippen LogP contribution is -2.48.